The third kappa shape index (κ3) is 6.01. The molecule has 0 radical (unpaired) electrons. The number of methoxy groups -OCH3 is 1. The summed E-state index contributed by atoms with van der Waals surface area (Å²) in [5, 5.41) is 9.51. The molecule has 1 aromatic heterocycles. The number of alkyl carbamates (subject to hydrolysis) is 1. The van der Waals surface area contributed by atoms with E-state index in [1.54, 1.807) is 18.4 Å². The molecule has 2 unspecified atom stereocenters. The van der Waals surface area contributed by atoms with E-state index < -0.39 is 0 Å². The van der Waals surface area contributed by atoms with Gasteiger partial charge in [-0.05, 0) is 49.9 Å². The Morgan fingerprint density at radius 1 is 1.25 bits per heavy atom. The maximum absolute atomic E-state index is 11.6. The minimum atomic E-state index is -0.336. The lowest BCUT2D eigenvalue weighted by Gasteiger charge is -2.32. The van der Waals surface area contributed by atoms with Gasteiger partial charge in [0.25, 0.3) is 0 Å². The average molecular weight is 426 g/mol. The number of ether oxygens (including phenoxy) is 2. The van der Waals surface area contributed by atoms with Gasteiger partial charge < -0.3 is 20.1 Å². The maximum atomic E-state index is 11.6. The number of aromatic nitrogens is 1. The Labute approximate surface area is 176 Å². The minimum Gasteiger partial charge on any atom is -0.497 e. The van der Waals surface area contributed by atoms with Crippen molar-refractivity contribution in [3.63, 3.8) is 0 Å². The molecule has 2 aromatic rings. The van der Waals surface area contributed by atoms with Crippen LogP contribution >= 0.6 is 23.7 Å². The van der Waals surface area contributed by atoms with Crippen molar-refractivity contribution in [2.75, 3.05) is 25.6 Å². The summed E-state index contributed by atoms with van der Waals surface area (Å²) < 4.78 is 10.2. The number of anilines is 1. The van der Waals surface area contributed by atoms with Gasteiger partial charge in [-0.1, -0.05) is 12.8 Å². The molecule has 1 aliphatic rings. The average Bonchev–Trinajstić information content (AvgIpc) is 3.16. The van der Waals surface area contributed by atoms with E-state index in [0.717, 1.165) is 35.0 Å². The number of carbonyl (C=O) groups is 1. The molecule has 8 heteroatoms. The molecule has 0 aliphatic heterocycles. The second kappa shape index (κ2) is 11.1. The number of hydrogen-bond donors (Lipinski definition) is 2. The second-order valence-electron chi connectivity index (χ2n) is 6.66. The first-order chi connectivity index (χ1) is 13.2. The van der Waals surface area contributed by atoms with Crippen LogP contribution in [0.5, 0.6) is 5.75 Å². The van der Waals surface area contributed by atoms with E-state index >= 15 is 0 Å². The van der Waals surface area contributed by atoms with Crippen LogP contribution < -0.4 is 15.4 Å². The van der Waals surface area contributed by atoms with Gasteiger partial charge in [-0.15, -0.1) is 23.7 Å². The van der Waals surface area contributed by atoms with Crippen LogP contribution in [0.2, 0.25) is 0 Å². The number of thiazole rings is 1. The summed E-state index contributed by atoms with van der Waals surface area (Å²) in [6, 6.07) is 8.25. The lowest BCUT2D eigenvalue weighted by Crippen LogP contribution is -2.40. The van der Waals surface area contributed by atoms with Crippen molar-refractivity contribution in [1.82, 2.24) is 10.3 Å². The zero-order valence-corrected chi connectivity index (χ0v) is 17.9. The molecular formula is C20H28ClN3O3S. The molecule has 1 aliphatic carbocycles. The molecule has 0 saturated heterocycles. The molecule has 3 rings (SSSR count). The van der Waals surface area contributed by atoms with Crippen molar-refractivity contribution in [2.45, 2.75) is 38.6 Å². The number of carbonyl (C=O) groups excluding carboxylic acids is 1. The van der Waals surface area contributed by atoms with Crippen molar-refractivity contribution in [3.8, 4) is 16.3 Å². The lowest BCUT2D eigenvalue weighted by atomic mass is 9.84. The van der Waals surface area contributed by atoms with Gasteiger partial charge in [0.05, 0.1) is 13.7 Å². The molecule has 0 bridgehead atoms. The number of nitrogens with zero attached hydrogens (tertiary/aromatic N) is 1. The number of rotatable bonds is 7. The van der Waals surface area contributed by atoms with Crippen molar-refractivity contribution < 1.29 is 14.3 Å². The Morgan fingerprint density at radius 3 is 2.71 bits per heavy atom. The number of nitrogens with one attached hydrogen (secondary N) is 2. The minimum absolute atomic E-state index is 0. The van der Waals surface area contributed by atoms with Gasteiger partial charge in [0.1, 0.15) is 16.6 Å². The fraction of sp³-hybridized carbons (Fsp3) is 0.500. The summed E-state index contributed by atoms with van der Waals surface area (Å²) in [4.78, 5) is 16.3. The Morgan fingerprint density at radius 2 is 2.00 bits per heavy atom. The Kier molecular flexibility index (Phi) is 8.86. The molecule has 0 spiro atoms. The first-order valence-electron chi connectivity index (χ1n) is 9.46. The van der Waals surface area contributed by atoms with E-state index in [1.807, 2.05) is 31.2 Å². The Balaban J connectivity index is 0.00000280. The normalized spacial score (nSPS) is 18.6. The summed E-state index contributed by atoms with van der Waals surface area (Å²) in [7, 11) is 1.66. The van der Waals surface area contributed by atoms with Gasteiger partial charge in [0.15, 0.2) is 0 Å². The highest BCUT2D eigenvalue weighted by molar-refractivity contribution is 7.13. The maximum Gasteiger partial charge on any atom is 0.407 e. The van der Waals surface area contributed by atoms with Crippen LogP contribution in [0.25, 0.3) is 10.6 Å². The quantitative estimate of drug-likeness (QED) is 0.656. The first kappa shape index (κ1) is 22.3. The molecule has 6 nitrogen and oxygen atoms in total. The van der Waals surface area contributed by atoms with Crippen LogP contribution in [0.1, 0.15) is 32.6 Å². The molecular weight excluding hydrogens is 398 g/mol. The molecule has 1 saturated carbocycles. The van der Waals surface area contributed by atoms with Gasteiger partial charge >= 0.3 is 6.09 Å². The molecule has 28 heavy (non-hydrogen) atoms. The van der Waals surface area contributed by atoms with Crippen molar-refractivity contribution >= 4 is 35.7 Å². The van der Waals surface area contributed by atoms with Crippen LogP contribution in [0.15, 0.2) is 29.6 Å². The fourth-order valence-electron chi connectivity index (χ4n) is 3.43. The second-order valence-corrected chi connectivity index (χ2v) is 7.52. The van der Waals surface area contributed by atoms with Gasteiger partial charge in [0, 0.05) is 23.5 Å². The number of benzene rings is 1. The summed E-state index contributed by atoms with van der Waals surface area (Å²) in [5.74, 6) is 2.13. The highest BCUT2D eigenvalue weighted by Crippen LogP contribution is 2.31. The fourth-order valence-corrected chi connectivity index (χ4v) is 4.20. The summed E-state index contributed by atoms with van der Waals surface area (Å²) in [6.07, 6.45) is 4.24. The Hall–Kier alpha value is -1.99. The smallest absolute Gasteiger partial charge is 0.407 e. The lowest BCUT2D eigenvalue weighted by molar-refractivity contribution is 0.148. The summed E-state index contributed by atoms with van der Waals surface area (Å²) >= 11 is 1.63. The SMILES string of the molecule is CCOC(=O)NCC1CCCCC1Nc1csc(-c2ccc(OC)cc2)n1.Cl. The third-order valence-corrected chi connectivity index (χ3v) is 5.76. The molecule has 1 fully saturated rings. The highest BCUT2D eigenvalue weighted by Gasteiger charge is 2.26. The van der Waals surface area contributed by atoms with Crippen LogP contribution in [0.3, 0.4) is 0 Å². The summed E-state index contributed by atoms with van der Waals surface area (Å²) in [5.41, 5.74) is 1.08. The van der Waals surface area contributed by atoms with E-state index in [-0.39, 0.29) is 18.5 Å². The molecule has 1 aromatic carbocycles. The van der Waals surface area contributed by atoms with Crippen LogP contribution in [-0.4, -0.2) is 37.4 Å². The molecule has 1 amide bonds. The molecule has 2 atom stereocenters. The van der Waals surface area contributed by atoms with E-state index in [0.29, 0.717) is 25.1 Å². The van der Waals surface area contributed by atoms with E-state index in [9.17, 15) is 4.79 Å². The Bertz CT molecular complexity index is 739. The summed E-state index contributed by atoms with van der Waals surface area (Å²) in [6.45, 7) is 2.84. The van der Waals surface area contributed by atoms with E-state index in [2.05, 4.69) is 16.0 Å². The molecule has 2 N–H and O–H groups in total. The number of amides is 1. The van der Waals surface area contributed by atoms with Crippen LogP contribution in [-0.2, 0) is 4.74 Å². The van der Waals surface area contributed by atoms with Crippen LogP contribution in [0, 0.1) is 5.92 Å². The van der Waals surface area contributed by atoms with Crippen molar-refractivity contribution in [2.24, 2.45) is 5.92 Å². The topological polar surface area (TPSA) is 72.5 Å². The predicted octanol–water partition coefficient (Wildman–Crippen LogP) is 4.96. The van der Waals surface area contributed by atoms with E-state index in [4.69, 9.17) is 14.5 Å². The zero-order chi connectivity index (χ0) is 19.1. The standard InChI is InChI=1S/C20H27N3O3S.ClH/c1-3-26-20(24)21-12-15-6-4-5-7-17(15)22-18-13-27-19(23-18)14-8-10-16(25-2)11-9-14;/h8-11,13,15,17,22H,3-7,12H2,1-2H3,(H,21,24);1H. The number of hydrogen-bond acceptors (Lipinski definition) is 6. The van der Waals surface area contributed by atoms with Crippen molar-refractivity contribution in [1.29, 1.82) is 0 Å². The largest absolute Gasteiger partial charge is 0.497 e. The van der Waals surface area contributed by atoms with Crippen molar-refractivity contribution in [3.05, 3.63) is 29.6 Å². The molecule has 1 heterocycles. The van der Waals surface area contributed by atoms with Gasteiger partial charge in [-0.25, -0.2) is 9.78 Å². The van der Waals surface area contributed by atoms with Gasteiger partial charge in [0.2, 0.25) is 0 Å². The monoisotopic (exact) mass is 425 g/mol. The number of halogens is 1. The third-order valence-electron chi connectivity index (χ3n) is 4.87. The van der Waals surface area contributed by atoms with E-state index in [1.165, 1.54) is 12.8 Å². The molecule has 154 valence electrons. The van der Waals surface area contributed by atoms with Crippen LogP contribution in [0.4, 0.5) is 10.6 Å². The van der Waals surface area contributed by atoms with Gasteiger partial charge in [-0.3, -0.25) is 0 Å². The predicted molar refractivity (Wildman–Crippen MR) is 116 cm³/mol. The first-order valence-corrected chi connectivity index (χ1v) is 10.3. The van der Waals surface area contributed by atoms with Gasteiger partial charge in [-0.2, -0.15) is 0 Å². The highest BCUT2D eigenvalue weighted by atomic mass is 35.5. The zero-order valence-electron chi connectivity index (χ0n) is 16.3.